The Hall–Kier alpha value is -1.38. The maximum Gasteiger partial charge on any atom is 0.141 e. The highest BCUT2D eigenvalue weighted by Crippen LogP contribution is 2.35. The molecule has 2 heterocycles. The maximum atomic E-state index is 8.99. The van der Waals surface area contributed by atoms with Gasteiger partial charge in [-0.3, -0.25) is 0 Å². The highest BCUT2D eigenvalue weighted by Gasteiger charge is 2.23. The molecule has 2 N–H and O–H groups in total. The van der Waals surface area contributed by atoms with E-state index in [9.17, 15) is 0 Å². The lowest BCUT2D eigenvalue weighted by molar-refractivity contribution is 0.249. The molecule has 2 fully saturated rings. The first kappa shape index (κ1) is 24.9. The summed E-state index contributed by atoms with van der Waals surface area (Å²) in [6, 6.07) is 3.59. The Balaban J connectivity index is 0.000000245. The smallest absolute Gasteiger partial charge is 0.141 e. The first-order chi connectivity index (χ1) is 14.4. The Morgan fingerprint density at radius 1 is 1.20 bits per heavy atom. The van der Waals surface area contributed by atoms with Crippen LogP contribution in [0.2, 0.25) is 0 Å². The van der Waals surface area contributed by atoms with Crippen molar-refractivity contribution in [3.63, 3.8) is 0 Å². The molecule has 0 radical (unpaired) electrons. The summed E-state index contributed by atoms with van der Waals surface area (Å²) in [5, 5.41) is 15.9. The van der Waals surface area contributed by atoms with Crippen LogP contribution in [-0.4, -0.2) is 23.6 Å². The Kier molecular flexibility index (Phi) is 9.84. The molecular weight excluding hydrogens is 436 g/mol. The molecule has 3 aliphatic rings. The van der Waals surface area contributed by atoms with Crippen molar-refractivity contribution in [2.45, 2.75) is 98.1 Å². The Bertz CT molecular complexity index is 748. The third-order valence-corrected chi connectivity index (χ3v) is 6.52. The highest BCUT2D eigenvalue weighted by molar-refractivity contribution is 9.10. The monoisotopic (exact) mass is 474 g/mol. The molecule has 0 amide bonds. The van der Waals surface area contributed by atoms with Crippen molar-refractivity contribution in [3.8, 4) is 6.07 Å². The number of rotatable bonds is 3. The predicted molar refractivity (Wildman–Crippen MR) is 132 cm³/mol. The van der Waals surface area contributed by atoms with Crippen LogP contribution in [0, 0.1) is 16.7 Å². The van der Waals surface area contributed by atoms with Crippen molar-refractivity contribution < 1.29 is 0 Å². The number of anilines is 1. The van der Waals surface area contributed by atoms with Gasteiger partial charge in [0.25, 0.3) is 0 Å². The number of fused-ring (bicyclic) bond motifs is 1. The minimum atomic E-state index is 0.512. The van der Waals surface area contributed by atoms with E-state index in [1.54, 1.807) is 0 Å². The van der Waals surface area contributed by atoms with E-state index in [1.165, 1.54) is 51.5 Å². The van der Waals surface area contributed by atoms with Crippen LogP contribution in [0.4, 0.5) is 5.82 Å². The molecule has 5 heteroatoms. The van der Waals surface area contributed by atoms with Crippen molar-refractivity contribution >= 4 is 27.8 Å². The molecule has 166 valence electrons. The summed E-state index contributed by atoms with van der Waals surface area (Å²) >= 11 is 3.64. The van der Waals surface area contributed by atoms with E-state index in [1.807, 2.05) is 26.1 Å². The minimum Gasteiger partial charge on any atom is -0.366 e. The SMILES string of the molecule is CC.CC(C)(C)CC1CCN1.N#CC1=Cc2c(cnc(NC3CCCCC3)c2Br)C1. The number of halogens is 1. The molecular formula is C25H39BrN4. The molecule has 4 nitrogen and oxygen atoms in total. The number of allylic oxidation sites excluding steroid dienone is 1. The van der Waals surface area contributed by atoms with Gasteiger partial charge in [-0.2, -0.15) is 5.26 Å². The second-order valence-electron chi connectivity index (χ2n) is 9.50. The maximum absolute atomic E-state index is 8.99. The van der Waals surface area contributed by atoms with E-state index in [0.717, 1.165) is 33.0 Å². The average Bonchev–Trinajstić information content (AvgIpc) is 3.14. The standard InChI is InChI=1S/C15H16BrN3.C8H17N.C2H6/c16-14-13-7-10(8-17)6-11(13)9-18-15(14)19-12-4-2-1-3-5-12;1-8(2,3)6-7-4-5-9-7;1-2/h7,9,12H,1-6H2,(H,18,19);7,9H,4-6H2,1-3H3;1-2H3. The highest BCUT2D eigenvalue weighted by atomic mass is 79.9. The minimum absolute atomic E-state index is 0.512. The molecule has 1 atom stereocenters. The van der Waals surface area contributed by atoms with Crippen LogP contribution in [0.1, 0.15) is 90.7 Å². The third-order valence-electron chi connectivity index (χ3n) is 5.71. The zero-order valence-electron chi connectivity index (χ0n) is 19.4. The lowest BCUT2D eigenvalue weighted by Gasteiger charge is -2.33. The van der Waals surface area contributed by atoms with Crippen LogP contribution in [0.3, 0.4) is 0 Å². The first-order valence-corrected chi connectivity index (χ1v) is 12.4. The Morgan fingerprint density at radius 2 is 1.87 bits per heavy atom. The number of hydrogen-bond acceptors (Lipinski definition) is 4. The van der Waals surface area contributed by atoms with Crippen LogP contribution < -0.4 is 10.6 Å². The number of aromatic nitrogens is 1. The lowest BCUT2D eigenvalue weighted by Crippen LogP contribution is -2.44. The van der Waals surface area contributed by atoms with E-state index < -0.39 is 0 Å². The Morgan fingerprint density at radius 3 is 2.37 bits per heavy atom. The zero-order chi connectivity index (χ0) is 22.1. The van der Waals surface area contributed by atoms with E-state index >= 15 is 0 Å². The molecule has 1 aliphatic heterocycles. The summed E-state index contributed by atoms with van der Waals surface area (Å²) < 4.78 is 1.00. The van der Waals surface area contributed by atoms with Gasteiger partial charge in [-0.15, -0.1) is 0 Å². The van der Waals surface area contributed by atoms with Gasteiger partial charge in [0.2, 0.25) is 0 Å². The van der Waals surface area contributed by atoms with Gasteiger partial charge in [-0.1, -0.05) is 53.9 Å². The van der Waals surface area contributed by atoms with Crippen LogP contribution in [-0.2, 0) is 6.42 Å². The molecule has 1 aromatic heterocycles. The number of hydrogen-bond donors (Lipinski definition) is 2. The van der Waals surface area contributed by atoms with Gasteiger partial charge in [0.05, 0.1) is 10.5 Å². The second-order valence-corrected chi connectivity index (χ2v) is 10.3. The topological polar surface area (TPSA) is 60.7 Å². The van der Waals surface area contributed by atoms with Gasteiger partial charge in [0.1, 0.15) is 5.82 Å². The van der Waals surface area contributed by atoms with E-state index in [-0.39, 0.29) is 0 Å². The van der Waals surface area contributed by atoms with Crippen molar-refractivity contribution in [2.75, 3.05) is 11.9 Å². The van der Waals surface area contributed by atoms with Crippen molar-refractivity contribution in [1.82, 2.24) is 10.3 Å². The van der Waals surface area contributed by atoms with Gasteiger partial charge in [-0.25, -0.2) is 4.98 Å². The molecule has 4 rings (SSSR count). The molecule has 1 saturated heterocycles. The molecule has 30 heavy (non-hydrogen) atoms. The van der Waals surface area contributed by atoms with Crippen LogP contribution in [0.25, 0.3) is 6.08 Å². The lowest BCUT2D eigenvalue weighted by atomic mass is 9.85. The van der Waals surface area contributed by atoms with E-state index in [2.05, 4.69) is 58.4 Å². The fraction of sp³-hybridized carbons (Fsp3) is 0.680. The van der Waals surface area contributed by atoms with Crippen molar-refractivity contribution in [2.24, 2.45) is 5.41 Å². The summed E-state index contributed by atoms with van der Waals surface area (Å²) in [6.45, 7) is 12.1. The van der Waals surface area contributed by atoms with E-state index in [4.69, 9.17) is 5.26 Å². The molecule has 2 aliphatic carbocycles. The van der Waals surface area contributed by atoms with E-state index in [0.29, 0.717) is 17.9 Å². The van der Waals surface area contributed by atoms with Crippen LogP contribution in [0.5, 0.6) is 0 Å². The zero-order valence-corrected chi connectivity index (χ0v) is 21.0. The molecule has 1 aromatic rings. The molecule has 0 bridgehead atoms. The third kappa shape index (κ3) is 7.39. The largest absolute Gasteiger partial charge is 0.366 e. The van der Waals surface area contributed by atoms with Crippen LogP contribution >= 0.6 is 15.9 Å². The predicted octanol–water partition coefficient (Wildman–Crippen LogP) is 6.86. The van der Waals surface area contributed by atoms with Gasteiger partial charge in [0.15, 0.2) is 0 Å². The second kappa shape index (κ2) is 11.9. The first-order valence-electron chi connectivity index (χ1n) is 11.6. The summed E-state index contributed by atoms with van der Waals surface area (Å²) in [4.78, 5) is 4.51. The fourth-order valence-corrected chi connectivity index (χ4v) is 4.73. The molecule has 1 unspecified atom stereocenters. The normalized spacial score (nSPS) is 20.3. The van der Waals surface area contributed by atoms with Crippen LogP contribution in [0.15, 0.2) is 16.2 Å². The van der Waals surface area contributed by atoms with Gasteiger partial charge < -0.3 is 10.6 Å². The number of nitrogens with one attached hydrogen (secondary N) is 2. The number of pyridine rings is 1. The quantitative estimate of drug-likeness (QED) is 0.501. The van der Waals surface area contributed by atoms with Crippen molar-refractivity contribution in [3.05, 3.63) is 27.4 Å². The van der Waals surface area contributed by atoms with Gasteiger partial charge in [-0.05, 0) is 70.8 Å². The summed E-state index contributed by atoms with van der Waals surface area (Å²) in [5.41, 5.74) is 3.58. The summed E-state index contributed by atoms with van der Waals surface area (Å²) in [7, 11) is 0. The number of nitrogens with zero attached hydrogens (tertiary/aromatic N) is 2. The van der Waals surface area contributed by atoms with Crippen molar-refractivity contribution in [1.29, 1.82) is 5.26 Å². The summed E-state index contributed by atoms with van der Waals surface area (Å²) in [6.07, 6.45) is 13.7. The molecule has 0 aromatic carbocycles. The fourth-order valence-electron chi connectivity index (χ4n) is 4.14. The molecule has 1 saturated carbocycles. The Labute approximate surface area is 192 Å². The number of nitriles is 1. The molecule has 0 spiro atoms. The summed E-state index contributed by atoms with van der Waals surface area (Å²) in [5.74, 6) is 0.918. The van der Waals surface area contributed by atoms with Gasteiger partial charge >= 0.3 is 0 Å². The van der Waals surface area contributed by atoms with Gasteiger partial charge in [0, 0.05) is 30.3 Å². The average molecular weight is 476 g/mol.